The van der Waals surface area contributed by atoms with E-state index in [4.69, 9.17) is 0 Å². The van der Waals surface area contributed by atoms with Crippen LogP contribution in [-0.4, -0.2) is 62.2 Å². The Bertz CT molecular complexity index is 209. The molecule has 2 aliphatic heterocycles. The highest BCUT2D eigenvalue weighted by Gasteiger charge is 2.28. The molecule has 2 fully saturated rings. The van der Waals surface area contributed by atoms with Gasteiger partial charge in [-0.05, 0) is 58.9 Å². The number of rotatable bonds is 2. The van der Waals surface area contributed by atoms with Gasteiger partial charge in [-0.25, -0.2) is 0 Å². The molecule has 0 amide bonds. The van der Waals surface area contributed by atoms with Gasteiger partial charge < -0.3 is 10.2 Å². The predicted molar refractivity (Wildman–Crippen MR) is 68.7 cm³/mol. The highest BCUT2D eigenvalue weighted by Crippen LogP contribution is 2.21. The average Bonchev–Trinajstić information content (AvgIpc) is 2.29. The number of hydrogen-bond donors (Lipinski definition) is 1. The van der Waals surface area contributed by atoms with Crippen LogP contribution in [0, 0.1) is 5.92 Å². The second-order valence-electron chi connectivity index (χ2n) is 5.88. The fourth-order valence-electron chi connectivity index (χ4n) is 3.17. The van der Waals surface area contributed by atoms with Gasteiger partial charge in [0.15, 0.2) is 0 Å². The van der Waals surface area contributed by atoms with Gasteiger partial charge in [0.2, 0.25) is 0 Å². The monoisotopic (exact) mass is 225 g/mol. The summed E-state index contributed by atoms with van der Waals surface area (Å²) in [6, 6.07) is 1.61. The maximum absolute atomic E-state index is 3.56. The van der Waals surface area contributed by atoms with Crippen LogP contribution in [0.25, 0.3) is 0 Å². The fraction of sp³-hybridized carbons (Fsp3) is 1.00. The van der Waals surface area contributed by atoms with E-state index >= 15 is 0 Å². The minimum atomic E-state index is 0.798. The molecular formula is C13H27N3. The van der Waals surface area contributed by atoms with Crippen molar-refractivity contribution in [1.29, 1.82) is 0 Å². The highest BCUT2D eigenvalue weighted by molar-refractivity contribution is 4.86. The molecular weight excluding hydrogens is 198 g/mol. The standard InChI is InChI=1S/C13H27N3/c1-11-8-13(10-14-9-11)16-6-4-12(5-7-16)15(2)3/h11-14H,4-10H2,1-3H3. The Hall–Kier alpha value is -0.120. The van der Waals surface area contributed by atoms with Crippen LogP contribution in [0.1, 0.15) is 26.2 Å². The summed E-state index contributed by atoms with van der Waals surface area (Å²) in [6.07, 6.45) is 4.08. The topological polar surface area (TPSA) is 18.5 Å². The van der Waals surface area contributed by atoms with Gasteiger partial charge in [0.1, 0.15) is 0 Å². The summed E-state index contributed by atoms with van der Waals surface area (Å²) in [5.41, 5.74) is 0. The molecule has 0 aliphatic carbocycles. The Kier molecular flexibility index (Phi) is 4.22. The van der Waals surface area contributed by atoms with E-state index < -0.39 is 0 Å². The van der Waals surface area contributed by atoms with Crippen molar-refractivity contribution in [3.05, 3.63) is 0 Å². The number of nitrogens with zero attached hydrogens (tertiary/aromatic N) is 2. The van der Waals surface area contributed by atoms with E-state index in [1.54, 1.807) is 0 Å². The van der Waals surface area contributed by atoms with Gasteiger partial charge in [-0.2, -0.15) is 0 Å². The summed E-state index contributed by atoms with van der Waals surface area (Å²) in [5.74, 6) is 0.852. The van der Waals surface area contributed by atoms with E-state index in [0.29, 0.717) is 0 Å². The van der Waals surface area contributed by atoms with Crippen LogP contribution in [0.2, 0.25) is 0 Å². The normalized spacial score (nSPS) is 34.5. The van der Waals surface area contributed by atoms with Gasteiger partial charge in [0.05, 0.1) is 0 Å². The van der Waals surface area contributed by atoms with Crippen molar-refractivity contribution in [3.63, 3.8) is 0 Å². The van der Waals surface area contributed by atoms with Crippen LogP contribution in [-0.2, 0) is 0 Å². The molecule has 1 N–H and O–H groups in total. The Balaban J connectivity index is 1.79. The van der Waals surface area contributed by atoms with Gasteiger partial charge in [-0.3, -0.25) is 4.90 Å². The van der Waals surface area contributed by atoms with Crippen molar-refractivity contribution in [2.45, 2.75) is 38.3 Å². The molecule has 2 saturated heterocycles. The molecule has 0 aromatic carbocycles. The SMILES string of the molecule is CC1CNCC(N2CCC(N(C)C)CC2)C1. The summed E-state index contributed by atoms with van der Waals surface area (Å²) in [4.78, 5) is 5.10. The quantitative estimate of drug-likeness (QED) is 0.757. The Morgan fingerprint density at radius 1 is 1.12 bits per heavy atom. The van der Waals surface area contributed by atoms with Gasteiger partial charge in [-0.1, -0.05) is 6.92 Å². The van der Waals surface area contributed by atoms with Crippen LogP contribution < -0.4 is 5.32 Å². The Labute approximate surface area is 100 Å². The summed E-state index contributed by atoms with van der Waals surface area (Å²) < 4.78 is 0. The lowest BCUT2D eigenvalue weighted by Crippen LogP contribution is -2.52. The Morgan fingerprint density at radius 2 is 1.81 bits per heavy atom. The molecule has 2 rings (SSSR count). The van der Waals surface area contributed by atoms with Crippen molar-refractivity contribution in [2.24, 2.45) is 5.92 Å². The highest BCUT2D eigenvalue weighted by atomic mass is 15.2. The molecule has 0 spiro atoms. The molecule has 0 radical (unpaired) electrons. The first kappa shape index (κ1) is 12.3. The van der Waals surface area contributed by atoms with E-state index in [2.05, 4.69) is 36.1 Å². The number of likely N-dealkylation sites (tertiary alicyclic amines) is 1. The van der Waals surface area contributed by atoms with Gasteiger partial charge >= 0.3 is 0 Å². The first-order chi connectivity index (χ1) is 7.66. The smallest absolute Gasteiger partial charge is 0.0223 e. The van der Waals surface area contributed by atoms with E-state index in [1.165, 1.54) is 45.4 Å². The lowest BCUT2D eigenvalue weighted by Gasteiger charge is -2.42. The van der Waals surface area contributed by atoms with Crippen molar-refractivity contribution in [3.8, 4) is 0 Å². The second-order valence-corrected chi connectivity index (χ2v) is 5.88. The first-order valence-electron chi connectivity index (χ1n) is 6.78. The van der Waals surface area contributed by atoms with Crippen molar-refractivity contribution in [1.82, 2.24) is 15.1 Å². The van der Waals surface area contributed by atoms with Gasteiger partial charge in [0.25, 0.3) is 0 Å². The third-order valence-corrected chi connectivity index (χ3v) is 4.29. The minimum Gasteiger partial charge on any atom is -0.315 e. The molecule has 0 aromatic rings. The Morgan fingerprint density at radius 3 is 2.38 bits per heavy atom. The third-order valence-electron chi connectivity index (χ3n) is 4.29. The predicted octanol–water partition coefficient (Wildman–Crippen LogP) is 1.01. The summed E-state index contributed by atoms with van der Waals surface area (Å²) >= 11 is 0. The maximum Gasteiger partial charge on any atom is 0.0223 e. The number of nitrogens with one attached hydrogen (secondary N) is 1. The molecule has 2 heterocycles. The van der Waals surface area contributed by atoms with Crippen molar-refractivity contribution >= 4 is 0 Å². The van der Waals surface area contributed by atoms with Gasteiger partial charge in [-0.15, -0.1) is 0 Å². The number of piperidine rings is 2. The largest absolute Gasteiger partial charge is 0.315 e. The zero-order valence-electron chi connectivity index (χ0n) is 11.1. The van der Waals surface area contributed by atoms with Crippen LogP contribution >= 0.6 is 0 Å². The van der Waals surface area contributed by atoms with Crippen LogP contribution in [0.4, 0.5) is 0 Å². The second kappa shape index (κ2) is 5.48. The molecule has 2 atom stereocenters. The van der Waals surface area contributed by atoms with Gasteiger partial charge in [0, 0.05) is 18.6 Å². The van der Waals surface area contributed by atoms with Crippen LogP contribution in [0.15, 0.2) is 0 Å². The van der Waals surface area contributed by atoms with E-state index in [1.807, 2.05) is 0 Å². The average molecular weight is 225 g/mol. The first-order valence-corrected chi connectivity index (χ1v) is 6.78. The lowest BCUT2D eigenvalue weighted by molar-refractivity contribution is 0.0855. The molecule has 94 valence electrons. The number of hydrogen-bond acceptors (Lipinski definition) is 3. The molecule has 0 saturated carbocycles. The zero-order valence-corrected chi connectivity index (χ0v) is 11.1. The summed E-state index contributed by atoms with van der Waals surface area (Å²) in [5, 5.41) is 3.56. The molecule has 3 nitrogen and oxygen atoms in total. The lowest BCUT2D eigenvalue weighted by atomic mass is 9.94. The van der Waals surface area contributed by atoms with Crippen LogP contribution in [0.3, 0.4) is 0 Å². The molecule has 2 aliphatic rings. The zero-order chi connectivity index (χ0) is 11.5. The summed E-state index contributed by atoms with van der Waals surface area (Å²) in [6.45, 7) is 7.37. The minimum absolute atomic E-state index is 0.798. The van der Waals surface area contributed by atoms with E-state index in [0.717, 1.165) is 18.0 Å². The maximum atomic E-state index is 3.56. The van der Waals surface area contributed by atoms with Crippen LogP contribution in [0.5, 0.6) is 0 Å². The summed E-state index contributed by atoms with van der Waals surface area (Å²) in [7, 11) is 4.43. The van der Waals surface area contributed by atoms with E-state index in [-0.39, 0.29) is 0 Å². The molecule has 0 aromatic heterocycles. The van der Waals surface area contributed by atoms with Crippen molar-refractivity contribution in [2.75, 3.05) is 40.3 Å². The van der Waals surface area contributed by atoms with E-state index in [9.17, 15) is 0 Å². The molecule has 16 heavy (non-hydrogen) atoms. The molecule has 0 bridgehead atoms. The fourth-order valence-corrected chi connectivity index (χ4v) is 3.17. The molecule has 2 unspecified atom stereocenters. The third kappa shape index (κ3) is 2.96. The van der Waals surface area contributed by atoms with Crippen molar-refractivity contribution < 1.29 is 0 Å². The molecule has 3 heteroatoms.